The molecule has 2 heterocycles. The summed E-state index contributed by atoms with van der Waals surface area (Å²) in [6.45, 7) is 0.423. The summed E-state index contributed by atoms with van der Waals surface area (Å²) < 4.78 is 26.6. The first kappa shape index (κ1) is 15.6. The Morgan fingerprint density at radius 3 is 2.57 bits per heavy atom. The first-order valence-corrected chi connectivity index (χ1v) is 8.71. The summed E-state index contributed by atoms with van der Waals surface area (Å²) in [5.41, 5.74) is 7.72. The number of hydrogen-bond acceptors (Lipinski definition) is 5. The predicted octanol–water partition coefficient (Wildman–Crippen LogP) is 1.69. The Labute approximate surface area is 135 Å². The van der Waals surface area contributed by atoms with Gasteiger partial charge in [-0.05, 0) is 37.1 Å². The number of nitriles is 1. The molecule has 0 aliphatic carbocycles. The number of benzene rings is 1. The number of aromatic nitrogens is 1. The quantitative estimate of drug-likeness (QED) is 0.924. The lowest BCUT2D eigenvalue weighted by Crippen LogP contribution is -2.41. The first-order chi connectivity index (χ1) is 11.0. The van der Waals surface area contributed by atoms with Crippen LogP contribution in [-0.2, 0) is 10.0 Å². The van der Waals surface area contributed by atoms with Crippen molar-refractivity contribution in [2.24, 2.45) is 5.73 Å². The van der Waals surface area contributed by atoms with Crippen LogP contribution in [0.3, 0.4) is 0 Å². The van der Waals surface area contributed by atoms with Crippen LogP contribution in [0.25, 0.3) is 11.3 Å². The molecule has 1 aromatic carbocycles. The molecule has 0 bridgehead atoms. The molecule has 0 saturated carbocycles. The second kappa shape index (κ2) is 6.08. The average molecular weight is 328 g/mol. The lowest BCUT2D eigenvalue weighted by atomic mass is 10.1. The summed E-state index contributed by atoms with van der Waals surface area (Å²) in [6.07, 6.45) is 0.935. The Balaban J connectivity index is 1.98. The second-order valence-corrected chi connectivity index (χ2v) is 7.21. The molecule has 1 aliphatic heterocycles. The molecule has 2 N–H and O–H groups in total. The molecule has 3 rings (SSSR count). The van der Waals surface area contributed by atoms with E-state index >= 15 is 0 Å². The molecule has 118 valence electrons. The number of pyridine rings is 1. The molecule has 0 spiro atoms. The number of nitrogens with two attached hydrogens (primary N) is 1. The molecule has 23 heavy (non-hydrogen) atoms. The maximum atomic E-state index is 12.7. The van der Waals surface area contributed by atoms with Crippen LogP contribution in [0, 0.1) is 11.3 Å². The highest BCUT2D eigenvalue weighted by Gasteiger charge is 2.34. The van der Waals surface area contributed by atoms with Crippen LogP contribution >= 0.6 is 0 Å². The van der Waals surface area contributed by atoms with E-state index in [-0.39, 0.29) is 5.03 Å². The molecule has 7 heteroatoms. The van der Waals surface area contributed by atoms with Gasteiger partial charge in [-0.25, -0.2) is 13.4 Å². The third-order valence-electron chi connectivity index (χ3n) is 3.85. The van der Waals surface area contributed by atoms with Crippen LogP contribution in [0.5, 0.6) is 0 Å². The van der Waals surface area contributed by atoms with E-state index in [0.717, 1.165) is 12.0 Å². The van der Waals surface area contributed by atoms with Gasteiger partial charge in [0, 0.05) is 12.1 Å². The average Bonchev–Trinajstić information content (AvgIpc) is 3.02. The van der Waals surface area contributed by atoms with E-state index in [0.29, 0.717) is 24.2 Å². The van der Waals surface area contributed by atoms with E-state index in [1.165, 1.54) is 10.4 Å². The van der Waals surface area contributed by atoms with Gasteiger partial charge in [0.25, 0.3) is 10.0 Å². The molecule has 1 saturated heterocycles. The smallest absolute Gasteiger partial charge is 0.261 e. The van der Waals surface area contributed by atoms with Gasteiger partial charge in [-0.3, -0.25) is 0 Å². The molecule has 1 fully saturated rings. The molecule has 2 aromatic rings. The molecule has 1 aliphatic rings. The minimum atomic E-state index is -3.69. The van der Waals surface area contributed by atoms with Gasteiger partial charge in [0.1, 0.15) is 0 Å². The third-order valence-corrected chi connectivity index (χ3v) is 5.68. The van der Waals surface area contributed by atoms with Crippen LogP contribution in [-0.4, -0.2) is 30.4 Å². The van der Waals surface area contributed by atoms with Gasteiger partial charge in [-0.15, -0.1) is 0 Å². The Kier molecular flexibility index (Phi) is 4.13. The largest absolute Gasteiger partial charge is 0.315 e. The van der Waals surface area contributed by atoms with Crippen molar-refractivity contribution in [3.8, 4) is 17.3 Å². The highest BCUT2D eigenvalue weighted by molar-refractivity contribution is 7.89. The second-order valence-electron chi connectivity index (χ2n) is 5.38. The van der Waals surface area contributed by atoms with E-state index in [4.69, 9.17) is 11.0 Å². The fourth-order valence-electron chi connectivity index (χ4n) is 2.62. The maximum absolute atomic E-state index is 12.7. The van der Waals surface area contributed by atoms with Crippen molar-refractivity contribution in [3.05, 3.63) is 48.0 Å². The predicted molar refractivity (Wildman–Crippen MR) is 85.5 cm³/mol. The van der Waals surface area contributed by atoms with Crippen molar-refractivity contribution in [1.29, 1.82) is 5.26 Å². The summed E-state index contributed by atoms with van der Waals surface area (Å²) in [4.78, 5) is 4.28. The SMILES string of the molecule is N#Cc1ccc(-c2cccc(S(=O)(=O)N3CCC[C@@H]3N)n2)cc1. The van der Waals surface area contributed by atoms with Gasteiger partial charge in [0.15, 0.2) is 5.03 Å². The molecule has 6 nitrogen and oxygen atoms in total. The topological polar surface area (TPSA) is 100 Å². The minimum Gasteiger partial charge on any atom is -0.315 e. The fourth-order valence-corrected chi connectivity index (χ4v) is 4.16. The van der Waals surface area contributed by atoms with E-state index in [9.17, 15) is 8.42 Å². The molecule has 1 atom stereocenters. The van der Waals surface area contributed by atoms with Crippen molar-refractivity contribution in [2.45, 2.75) is 24.0 Å². The number of rotatable bonds is 3. The van der Waals surface area contributed by atoms with Crippen LogP contribution < -0.4 is 5.73 Å². The third kappa shape index (κ3) is 2.97. The van der Waals surface area contributed by atoms with Crippen LogP contribution in [0.1, 0.15) is 18.4 Å². The van der Waals surface area contributed by atoms with Crippen LogP contribution in [0.15, 0.2) is 47.5 Å². The van der Waals surface area contributed by atoms with Crippen LogP contribution in [0.2, 0.25) is 0 Å². The lowest BCUT2D eigenvalue weighted by Gasteiger charge is -2.20. The van der Waals surface area contributed by atoms with Gasteiger partial charge < -0.3 is 5.73 Å². The summed E-state index contributed by atoms with van der Waals surface area (Å²) in [7, 11) is -3.69. The minimum absolute atomic E-state index is 0.00305. The molecular weight excluding hydrogens is 312 g/mol. The standard InChI is InChI=1S/C16H16N4O2S/c17-11-12-6-8-13(9-7-12)14-3-1-5-16(19-14)23(21,22)20-10-2-4-15(20)18/h1,3,5-9,15H,2,4,10,18H2/t15-/m1/s1. The fraction of sp³-hybridized carbons (Fsp3) is 0.250. The highest BCUT2D eigenvalue weighted by atomic mass is 32.2. The highest BCUT2D eigenvalue weighted by Crippen LogP contribution is 2.25. The number of hydrogen-bond donors (Lipinski definition) is 1. The van der Waals surface area contributed by atoms with Crippen molar-refractivity contribution in [2.75, 3.05) is 6.54 Å². The first-order valence-electron chi connectivity index (χ1n) is 7.27. The molecule has 1 aromatic heterocycles. The van der Waals surface area contributed by atoms with Crippen molar-refractivity contribution in [3.63, 3.8) is 0 Å². The van der Waals surface area contributed by atoms with Gasteiger partial charge in [0.05, 0.1) is 23.5 Å². The van der Waals surface area contributed by atoms with Gasteiger partial charge in [-0.2, -0.15) is 9.57 Å². The van der Waals surface area contributed by atoms with Crippen molar-refractivity contribution in [1.82, 2.24) is 9.29 Å². The van der Waals surface area contributed by atoms with Gasteiger partial charge in [0.2, 0.25) is 0 Å². The zero-order chi connectivity index (χ0) is 16.4. The molecule has 0 amide bonds. The Hall–Kier alpha value is -2.27. The van der Waals surface area contributed by atoms with Crippen LogP contribution in [0.4, 0.5) is 0 Å². The Bertz CT molecular complexity index is 856. The normalized spacial score (nSPS) is 18.7. The molecule has 0 radical (unpaired) electrons. The van der Waals surface area contributed by atoms with Gasteiger partial charge in [-0.1, -0.05) is 18.2 Å². The van der Waals surface area contributed by atoms with E-state index in [2.05, 4.69) is 4.98 Å². The number of nitrogens with zero attached hydrogens (tertiary/aromatic N) is 3. The van der Waals surface area contributed by atoms with Gasteiger partial charge >= 0.3 is 0 Å². The van der Waals surface area contributed by atoms with E-state index in [1.54, 1.807) is 36.4 Å². The zero-order valence-corrected chi connectivity index (χ0v) is 13.2. The van der Waals surface area contributed by atoms with E-state index < -0.39 is 16.2 Å². The number of sulfonamides is 1. The molecule has 0 unspecified atom stereocenters. The maximum Gasteiger partial charge on any atom is 0.261 e. The van der Waals surface area contributed by atoms with E-state index in [1.807, 2.05) is 6.07 Å². The Morgan fingerprint density at radius 1 is 1.22 bits per heavy atom. The Morgan fingerprint density at radius 2 is 1.96 bits per heavy atom. The summed E-state index contributed by atoms with van der Waals surface area (Å²) >= 11 is 0. The van der Waals surface area contributed by atoms with Crippen molar-refractivity contribution < 1.29 is 8.42 Å². The lowest BCUT2D eigenvalue weighted by molar-refractivity contribution is 0.394. The van der Waals surface area contributed by atoms with Crippen molar-refractivity contribution >= 4 is 10.0 Å². The summed E-state index contributed by atoms with van der Waals surface area (Å²) in [5, 5.41) is 8.83. The summed E-state index contributed by atoms with van der Waals surface area (Å²) in [5.74, 6) is 0. The summed E-state index contributed by atoms with van der Waals surface area (Å²) in [6, 6.07) is 13.8. The zero-order valence-electron chi connectivity index (χ0n) is 12.4. The monoisotopic (exact) mass is 328 g/mol. The molecular formula is C16H16N4O2S.